The number of pyridine rings is 1. The summed E-state index contributed by atoms with van der Waals surface area (Å²) in [4.78, 5) is 29.1. The second-order valence-corrected chi connectivity index (χ2v) is 6.31. The number of anilines is 2. The van der Waals surface area contributed by atoms with Crippen molar-refractivity contribution in [2.75, 3.05) is 10.6 Å². The van der Waals surface area contributed by atoms with Crippen LogP contribution in [-0.2, 0) is 0 Å². The molecule has 0 saturated carbocycles. The Bertz CT molecular complexity index is 1100. The number of hydrogen-bond donors (Lipinski definition) is 2. The summed E-state index contributed by atoms with van der Waals surface area (Å²) in [6, 6.07) is 17.4. The highest BCUT2D eigenvalue weighted by atomic mass is 16.2. The van der Waals surface area contributed by atoms with Crippen molar-refractivity contribution in [3.05, 3.63) is 88.7 Å². The van der Waals surface area contributed by atoms with Gasteiger partial charge in [-0.25, -0.2) is 0 Å². The number of nitrogens with one attached hydrogen (secondary N) is 2. The fraction of sp³-hybridized carbons (Fsp3) is 0.0909. The summed E-state index contributed by atoms with van der Waals surface area (Å²) in [5, 5.41) is 14.6. The third-order valence-electron chi connectivity index (χ3n) is 4.18. The van der Waals surface area contributed by atoms with Crippen molar-refractivity contribution in [3.63, 3.8) is 0 Å². The third kappa shape index (κ3) is 4.22. The molecule has 6 heteroatoms. The van der Waals surface area contributed by atoms with Gasteiger partial charge in [0.05, 0.1) is 11.3 Å². The highest BCUT2D eigenvalue weighted by Gasteiger charge is 2.14. The van der Waals surface area contributed by atoms with Crippen molar-refractivity contribution in [2.24, 2.45) is 0 Å². The van der Waals surface area contributed by atoms with Crippen LogP contribution in [0.1, 0.15) is 37.5 Å². The van der Waals surface area contributed by atoms with E-state index in [9.17, 15) is 9.59 Å². The highest BCUT2D eigenvalue weighted by molar-refractivity contribution is 6.08. The van der Waals surface area contributed by atoms with Crippen molar-refractivity contribution in [3.8, 4) is 6.07 Å². The number of aromatic nitrogens is 1. The number of rotatable bonds is 4. The molecule has 0 fully saturated rings. The van der Waals surface area contributed by atoms with E-state index in [-0.39, 0.29) is 11.3 Å². The van der Waals surface area contributed by atoms with E-state index < -0.39 is 11.8 Å². The molecule has 6 nitrogen and oxygen atoms in total. The summed E-state index contributed by atoms with van der Waals surface area (Å²) in [5.74, 6) is -0.829. The lowest BCUT2D eigenvalue weighted by molar-refractivity contribution is 0.102. The summed E-state index contributed by atoms with van der Waals surface area (Å²) < 4.78 is 0. The first-order valence-corrected chi connectivity index (χ1v) is 8.63. The Morgan fingerprint density at radius 1 is 0.929 bits per heavy atom. The van der Waals surface area contributed by atoms with Crippen LogP contribution in [-0.4, -0.2) is 16.8 Å². The topological polar surface area (TPSA) is 94.9 Å². The molecule has 3 aromatic rings. The molecular weight excluding hydrogens is 352 g/mol. The molecule has 28 heavy (non-hydrogen) atoms. The van der Waals surface area contributed by atoms with Crippen LogP contribution in [0.25, 0.3) is 0 Å². The van der Waals surface area contributed by atoms with E-state index in [0.717, 1.165) is 11.1 Å². The van der Waals surface area contributed by atoms with E-state index in [2.05, 4.69) is 15.6 Å². The maximum absolute atomic E-state index is 12.5. The van der Waals surface area contributed by atoms with Gasteiger partial charge in [0.25, 0.3) is 11.8 Å². The van der Waals surface area contributed by atoms with Crippen LogP contribution in [0.4, 0.5) is 11.4 Å². The van der Waals surface area contributed by atoms with Gasteiger partial charge in [0.2, 0.25) is 0 Å². The van der Waals surface area contributed by atoms with E-state index in [4.69, 9.17) is 5.26 Å². The molecule has 0 aliphatic carbocycles. The molecule has 0 bridgehead atoms. The van der Waals surface area contributed by atoms with Crippen molar-refractivity contribution in [1.29, 1.82) is 5.26 Å². The van der Waals surface area contributed by atoms with Crippen molar-refractivity contribution >= 4 is 23.2 Å². The first-order chi connectivity index (χ1) is 13.5. The summed E-state index contributed by atoms with van der Waals surface area (Å²) in [6.45, 7) is 3.89. The van der Waals surface area contributed by atoms with E-state index in [1.807, 2.05) is 38.1 Å². The van der Waals surface area contributed by atoms with Crippen LogP contribution >= 0.6 is 0 Å². The molecule has 138 valence electrons. The second kappa shape index (κ2) is 8.14. The number of nitriles is 1. The first kappa shape index (κ1) is 18.8. The normalized spacial score (nSPS) is 10.0. The molecule has 0 atom stereocenters. The molecule has 1 heterocycles. The Morgan fingerprint density at radius 3 is 2.43 bits per heavy atom. The minimum atomic E-state index is -0.425. The number of carbonyl (C=O) groups excluding carboxylic acids is 2. The molecule has 0 aliphatic rings. The number of amides is 2. The Hall–Kier alpha value is -3.98. The molecular formula is C22H18N4O2. The smallest absolute Gasteiger partial charge is 0.274 e. The van der Waals surface area contributed by atoms with Crippen LogP contribution in [0.15, 0.2) is 60.8 Å². The van der Waals surface area contributed by atoms with Gasteiger partial charge in [0, 0.05) is 17.4 Å². The molecule has 0 aliphatic heterocycles. The zero-order chi connectivity index (χ0) is 20.1. The number of hydrogen-bond acceptors (Lipinski definition) is 4. The largest absolute Gasteiger partial charge is 0.321 e. The molecule has 2 amide bonds. The van der Waals surface area contributed by atoms with Gasteiger partial charge in [-0.1, -0.05) is 29.8 Å². The highest BCUT2D eigenvalue weighted by Crippen LogP contribution is 2.18. The lowest BCUT2D eigenvalue weighted by Crippen LogP contribution is -2.17. The number of nitrogens with zero attached hydrogens (tertiary/aromatic N) is 2. The van der Waals surface area contributed by atoms with Gasteiger partial charge in [-0.2, -0.15) is 5.26 Å². The number of benzene rings is 2. The predicted octanol–water partition coefficient (Wildman–Crippen LogP) is 4.07. The number of para-hydroxylation sites is 1. The SMILES string of the molecule is Cc1ccc(NC(=O)c2cc(C(=O)Nc3ccccc3C#N)ccn2)c(C)c1. The third-order valence-corrected chi connectivity index (χ3v) is 4.18. The Balaban J connectivity index is 1.78. The molecule has 2 aromatic carbocycles. The number of aryl methyl sites for hydroxylation is 2. The Labute approximate surface area is 162 Å². The van der Waals surface area contributed by atoms with Crippen LogP contribution < -0.4 is 10.6 Å². The standard InChI is InChI=1S/C22H18N4O2/c1-14-7-8-18(15(2)11-14)25-22(28)20-12-16(9-10-24-20)21(27)26-19-6-4-3-5-17(19)13-23/h3-12H,1-2H3,(H,25,28)(H,26,27). The number of carbonyl (C=O) groups is 2. The summed E-state index contributed by atoms with van der Waals surface area (Å²) >= 11 is 0. The molecule has 1 aromatic heterocycles. The van der Waals surface area contributed by atoms with E-state index in [1.165, 1.54) is 18.3 Å². The lowest BCUT2D eigenvalue weighted by Gasteiger charge is -2.10. The minimum Gasteiger partial charge on any atom is -0.321 e. The van der Waals surface area contributed by atoms with E-state index in [0.29, 0.717) is 16.9 Å². The average Bonchev–Trinajstić information content (AvgIpc) is 2.70. The molecule has 0 unspecified atom stereocenters. The van der Waals surface area contributed by atoms with Gasteiger partial charge in [0.1, 0.15) is 11.8 Å². The van der Waals surface area contributed by atoms with Gasteiger partial charge >= 0.3 is 0 Å². The monoisotopic (exact) mass is 370 g/mol. The van der Waals surface area contributed by atoms with E-state index >= 15 is 0 Å². The van der Waals surface area contributed by atoms with Crippen LogP contribution in [0, 0.1) is 25.2 Å². The van der Waals surface area contributed by atoms with Crippen LogP contribution in [0.5, 0.6) is 0 Å². The van der Waals surface area contributed by atoms with Gasteiger partial charge < -0.3 is 10.6 Å². The average molecular weight is 370 g/mol. The van der Waals surface area contributed by atoms with Crippen molar-refractivity contribution in [2.45, 2.75) is 13.8 Å². The van der Waals surface area contributed by atoms with Gasteiger partial charge in [-0.3, -0.25) is 14.6 Å². The molecule has 0 radical (unpaired) electrons. The first-order valence-electron chi connectivity index (χ1n) is 8.63. The zero-order valence-electron chi connectivity index (χ0n) is 15.5. The summed E-state index contributed by atoms with van der Waals surface area (Å²) in [5.41, 5.74) is 3.90. The van der Waals surface area contributed by atoms with Gasteiger partial charge in [0.15, 0.2) is 0 Å². The molecule has 3 rings (SSSR count). The summed E-state index contributed by atoms with van der Waals surface area (Å²) in [7, 11) is 0. The molecule has 0 saturated heterocycles. The quantitative estimate of drug-likeness (QED) is 0.723. The van der Waals surface area contributed by atoms with Crippen LogP contribution in [0.3, 0.4) is 0 Å². The van der Waals surface area contributed by atoms with Crippen molar-refractivity contribution < 1.29 is 9.59 Å². The van der Waals surface area contributed by atoms with E-state index in [1.54, 1.807) is 24.3 Å². The van der Waals surface area contributed by atoms with Crippen LogP contribution in [0.2, 0.25) is 0 Å². The molecule has 0 spiro atoms. The lowest BCUT2D eigenvalue weighted by atomic mass is 10.1. The fourth-order valence-corrected chi connectivity index (χ4v) is 2.72. The second-order valence-electron chi connectivity index (χ2n) is 6.31. The molecule has 2 N–H and O–H groups in total. The zero-order valence-corrected chi connectivity index (χ0v) is 15.5. The fourth-order valence-electron chi connectivity index (χ4n) is 2.72. The Kier molecular flexibility index (Phi) is 5.47. The Morgan fingerprint density at radius 2 is 1.68 bits per heavy atom. The minimum absolute atomic E-state index is 0.126. The van der Waals surface area contributed by atoms with Crippen molar-refractivity contribution in [1.82, 2.24) is 4.98 Å². The van der Waals surface area contributed by atoms with Gasteiger partial charge in [-0.15, -0.1) is 0 Å². The van der Waals surface area contributed by atoms with Gasteiger partial charge in [-0.05, 0) is 49.7 Å². The predicted molar refractivity (Wildman–Crippen MR) is 107 cm³/mol. The maximum Gasteiger partial charge on any atom is 0.274 e. The maximum atomic E-state index is 12.5. The summed E-state index contributed by atoms with van der Waals surface area (Å²) in [6.07, 6.45) is 1.40.